The van der Waals surface area contributed by atoms with Gasteiger partial charge < -0.3 is 0 Å². The smallest absolute Gasteiger partial charge is 0.240 e. The first kappa shape index (κ1) is 18.8. The molecule has 0 spiro atoms. The first-order valence-corrected chi connectivity index (χ1v) is 10.9. The lowest BCUT2D eigenvalue weighted by atomic mass is 10.2. The van der Waals surface area contributed by atoms with E-state index in [0.29, 0.717) is 0 Å². The minimum absolute atomic E-state index is 0.173. The third-order valence-corrected chi connectivity index (χ3v) is 6.73. The molecule has 5 nitrogen and oxygen atoms in total. The van der Waals surface area contributed by atoms with Crippen molar-refractivity contribution in [2.75, 3.05) is 6.54 Å². The fraction of sp³-hybridized carbons (Fsp3) is 0.316. The zero-order valence-electron chi connectivity index (χ0n) is 15.1. The molecule has 0 aliphatic carbocycles. The van der Waals surface area contributed by atoms with Crippen LogP contribution in [0.2, 0.25) is 0 Å². The molecule has 0 fully saturated rings. The van der Waals surface area contributed by atoms with Crippen LogP contribution in [0.4, 0.5) is 0 Å². The number of hydrogen-bond acceptors (Lipinski definition) is 4. The number of hydrogen-bond donors (Lipinski definition) is 1. The van der Waals surface area contributed by atoms with Crippen LogP contribution in [0.1, 0.15) is 34.8 Å². The van der Waals surface area contributed by atoms with Crippen molar-refractivity contribution >= 4 is 21.4 Å². The predicted octanol–water partition coefficient (Wildman–Crippen LogP) is 3.69. The third kappa shape index (κ3) is 4.06. The van der Waals surface area contributed by atoms with E-state index in [1.165, 1.54) is 0 Å². The second-order valence-corrected chi connectivity index (χ2v) is 9.00. The summed E-state index contributed by atoms with van der Waals surface area (Å²) in [5.41, 5.74) is 3.04. The molecule has 0 radical (unpaired) electrons. The molecule has 3 rings (SSSR count). The molecule has 0 aliphatic rings. The van der Waals surface area contributed by atoms with Crippen LogP contribution in [0.3, 0.4) is 0 Å². The first-order chi connectivity index (χ1) is 12.4. The highest BCUT2D eigenvalue weighted by molar-refractivity contribution is 7.89. The van der Waals surface area contributed by atoms with Crippen molar-refractivity contribution in [1.82, 2.24) is 14.5 Å². The summed E-state index contributed by atoms with van der Waals surface area (Å²) < 4.78 is 30.0. The van der Waals surface area contributed by atoms with Gasteiger partial charge in [-0.3, -0.25) is 4.68 Å². The van der Waals surface area contributed by atoms with Gasteiger partial charge in [0, 0.05) is 17.1 Å². The van der Waals surface area contributed by atoms with Gasteiger partial charge in [-0.05, 0) is 55.5 Å². The van der Waals surface area contributed by atoms with Gasteiger partial charge >= 0.3 is 0 Å². The highest BCUT2D eigenvalue weighted by Gasteiger charge is 2.22. The maximum absolute atomic E-state index is 12.7. The largest absolute Gasteiger partial charge is 0.260 e. The summed E-state index contributed by atoms with van der Waals surface area (Å²) in [6.45, 7) is 6.22. The topological polar surface area (TPSA) is 64.0 Å². The Morgan fingerprint density at radius 1 is 1.19 bits per heavy atom. The number of aromatic nitrogens is 2. The number of thiophene rings is 1. The van der Waals surface area contributed by atoms with E-state index in [1.807, 2.05) is 61.2 Å². The summed E-state index contributed by atoms with van der Waals surface area (Å²) in [5.74, 6) is 0. The molecule has 138 valence electrons. The number of sulfonamides is 1. The average molecular weight is 390 g/mol. The van der Waals surface area contributed by atoms with Crippen molar-refractivity contribution < 1.29 is 8.42 Å². The van der Waals surface area contributed by atoms with Crippen LogP contribution >= 0.6 is 11.3 Å². The fourth-order valence-corrected chi connectivity index (χ4v) is 4.78. The maximum atomic E-state index is 12.7. The number of rotatable bonds is 7. The summed E-state index contributed by atoms with van der Waals surface area (Å²) in [6.07, 6.45) is 0.881. The van der Waals surface area contributed by atoms with E-state index in [-0.39, 0.29) is 17.5 Å². The van der Waals surface area contributed by atoms with Crippen LogP contribution in [0.15, 0.2) is 52.7 Å². The Bertz CT molecular complexity index is 959. The van der Waals surface area contributed by atoms with Crippen molar-refractivity contribution in [3.8, 4) is 0 Å². The second-order valence-electron chi connectivity index (χ2n) is 6.25. The number of nitrogens with zero attached hydrogens (tertiary/aromatic N) is 2. The van der Waals surface area contributed by atoms with Gasteiger partial charge in [-0.2, -0.15) is 5.10 Å². The number of nitrogens with one attached hydrogen (secondary N) is 1. The Balaban J connectivity index is 1.84. The van der Waals surface area contributed by atoms with E-state index < -0.39 is 10.0 Å². The normalized spacial score (nSPS) is 13.0. The summed E-state index contributed by atoms with van der Waals surface area (Å²) >= 11 is 1.60. The van der Waals surface area contributed by atoms with Crippen LogP contribution in [0.25, 0.3) is 0 Å². The molecule has 26 heavy (non-hydrogen) atoms. The zero-order valence-corrected chi connectivity index (χ0v) is 16.8. The van der Waals surface area contributed by atoms with Gasteiger partial charge in [-0.1, -0.05) is 25.1 Å². The lowest BCUT2D eigenvalue weighted by Gasteiger charge is -2.19. The summed E-state index contributed by atoms with van der Waals surface area (Å²) in [4.78, 5) is 1.35. The molecule has 1 aromatic carbocycles. The second kappa shape index (κ2) is 7.73. The van der Waals surface area contributed by atoms with E-state index >= 15 is 0 Å². The number of benzene rings is 1. The lowest BCUT2D eigenvalue weighted by Crippen LogP contribution is -2.32. The van der Waals surface area contributed by atoms with Crippen LogP contribution in [0.5, 0.6) is 0 Å². The number of aryl methyl sites for hydroxylation is 3. The Morgan fingerprint density at radius 2 is 1.92 bits per heavy atom. The monoisotopic (exact) mass is 389 g/mol. The van der Waals surface area contributed by atoms with Crippen LogP contribution in [-0.4, -0.2) is 24.7 Å². The molecule has 1 unspecified atom stereocenters. The van der Waals surface area contributed by atoms with Crippen molar-refractivity contribution in [3.05, 3.63) is 69.7 Å². The zero-order chi connectivity index (χ0) is 18.7. The third-order valence-electron chi connectivity index (χ3n) is 4.32. The quantitative estimate of drug-likeness (QED) is 0.670. The standard InChI is InChI=1S/C19H23N3O2S2/c1-4-16-7-9-17(10-8-16)26(23,24)20-13-18(19-6-5-11-25-19)22-15(3)12-14(2)21-22/h5-12,18,20H,4,13H2,1-3H3. The van der Waals surface area contributed by atoms with E-state index in [0.717, 1.165) is 28.2 Å². The van der Waals surface area contributed by atoms with E-state index in [1.54, 1.807) is 23.5 Å². The van der Waals surface area contributed by atoms with Crippen molar-refractivity contribution in [2.24, 2.45) is 0 Å². The molecule has 1 atom stereocenters. The minimum Gasteiger partial charge on any atom is -0.260 e. The molecule has 2 heterocycles. The lowest BCUT2D eigenvalue weighted by molar-refractivity contribution is 0.499. The molecule has 0 bridgehead atoms. The maximum Gasteiger partial charge on any atom is 0.240 e. The molecule has 0 amide bonds. The fourth-order valence-electron chi connectivity index (χ4n) is 2.93. The van der Waals surface area contributed by atoms with Gasteiger partial charge in [0.15, 0.2) is 0 Å². The molecular formula is C19H23N3O2S2. The van der Waals surface area contributed by atoms with E-state index in [4.69, 9.17) is 0 Å². The van der Waals surface area contributed by atoms with Crippen molar-refractivity contribution in [1.29, 1.82) is 0 Å². The molecular weight excluding hydrogens is 366 g/mol. The van der Waals surface area contributed by atoms with Gasteiger partial charge in [0.1, 0.15) is 0 Å². The van der Waals surface area contributed by atoms with Gasteiger partial charge in [0.25, 0.3) is 0 Å². The van der Waals surface area contributed by atoms with Crippen molar-refractivity contribution in [2.45, 2.75) is 38.1 Å². The predicted molar refractivity (Wildman–Crippen MR) is 105 cm³/mol. The summed E-state index contributed by atoms with van der Waals surface area (Å²) in [7, 11) is -3.57. The Kier molecular flexibility index (Phi) is 5.60. The summed E-state index contributed by atoms with van der Waals surface area (Å²) in [6, 6.07) is 12.8. The molecule has 0 saturated heterocycles. The van der Waals surface area contributed by atoms with Gasteiger partial charge in [0.2, 0.25) is 10.0 Å². The highest BCUT2D eigenvalue weighted by atomic mass is 32.2. The van der Waals surface area contributed by atoms with Crippen molar-refractivity contribution in [3.63, 3.8) is 0 Å². The summed E-state index contributed by atoms with van der Waals surface area (Å²) in [5, 5.41) is 6.54. The average Bonchev–Trinajstić information content (AvgIpc) is 3.25. The van der Waals surface area contributed by atoms with Crippen LogP contribution in [-0.2, 0) is 16.4 Å². The Morgan fingerprint density at radius 3 is 2.46 bits per heavy atom. The first-order valence-electron chi connectivity index (χ1n) is 8.55. The Labute approximate surface area is 158 Å². The SMILES string of the molecule is CCc1ccc(S(=O)(=O)NCC(c2cccs2)n2nc(C)cc2C)cc1. The molecule has 1 N–H and O–H groups in total. The molecule has 7 heteroatoms. The molecule has 0 aliphatic heterocycles. The van der Waals surface area contributed by atoms with Gasteiger partial charge in [-0.25, -0.2) is 13.1 Å². The van der Waals surface area contributed by atoms with E-state index in [2.05, 4.69) is 9.82 Å². The highest BCUT2D eigenvalue weighted by Crippen LogP contribution is 2.24. The van der Waals surface area contributed by atoms with Crippen LogP contribution < -0.4 is 4.72 Å². The van der Waals surface area contributed by atoms with E-state index in [9.17, 15) is 8.42 Å². The minimum atomic E-state index is -3.57. The van der Waals surface area contributed by atoms with Gasteiger partial charge in [-0.15, -0.1) is 11.3 Å². The Hall–Kier alpha value is -1.96. The molecule has 2 aromatic heterocycles. The molecule has 3 aromatic rings. The van der Waals surface area contributed by atoms with Gasteiger partial charge in [0.05, 0.1) is 16.6 Å². The van der Waals surface area contributed by atoms with Crippen LogP contribution in [0, 0.1) is 13.8 Å². The molecule has 0 saturated carbocycles.